The number of amides is 1. The van der Waals surface area contributed by atoms with E-state index in [1.807, 2.05) is 11.0 Å². The van der Waals surface area contributed by atoms with Crippen LogP contribution in [0, 0.1) is 0 Å². The van der Waals surface area contributed by atoms with Crippen molar-refractivity contribution in [2.45, 2.75) is 50.2 Å². The van der Waals surface area contributed by atoms with Crippen LogP contribution in [0.15, 0.2) is 12.1 Å². The maximum Gasteiger partial charge on any atom is 0.263 e. The number of rotatable bonds is 2. The maximum absolute atomic E-state index is 12.7. The normalized spacial score (nSPS) is 27.6. The van der Waals surface area contributed by atoms with Crippen molar-refractivity contribution in [2.24, 2.45) is 0 Å². The molecular weight excluding hydrogens is 296 g/mol. The molecule has 1 amide bonds. The molecule has 3 saturated heterocycles. The van der Waals surface area contributed by atoms with Gasteiger partial charge >= 0.3 is 0 Å². The summed E-state index contributed by atoms with van der Waals surface area (Å²) >= 11 is 1.67. The Morgan fingerprint density at radius 3 is 2.82 bits per heavy atom. The number of hydrogen-bond acceptors (Lipinski definition) is 4. The van der Waals surface area contributed by atoms with Crippen LogP contribution in [-0.4, -0.2) is 42.6 Å². The first-order chi connectivity index (χ1) is 10.8. The van der Waals surface area contributed by atoms with Crippen molar-refractivity contribution in [3.63, 3.8) is 0 Å². The van der Waals surface area contributed by atoms with Crippen LogP contribution in [0.2, 0.25) is 0 Å². The number of carbonyl (C=O) groups excluding carboxylic acids is 1. The van der Waals surface area contributed by atoms with Crippen molar-refractivity contribution in [1.29, 1.82) is 0 Å². The first kappa shape index (κ1) is 14.7. The van der Waals surface area contributed by atoms with Crippen molar-refractivity contribution >= 4 is 17.2 Å². The summed E-state index contributed by atoms with van der Waals surface area (Å²) in [7, 11) is 0. The number of nitrogens with one attached hydrogen (secondary N) is 1. The molecule has 0 aliphatic carbocycles. The largest absolute Gasteiger partial charge is 0.375 e. The lowest BCUT2D eigenvalue weighted by Crippen LogP contribution is -2.46. The van der Waals surface area contributed by atoms with E-state index < -0.39 is 0 Å². The summed E-state index contributed by atoms with van der Waals surface area (Å²) in [6, 6.07) is 4.61. The third-order valence-electron chi connectivity index (χ3n) is 5.39. The molecule has 5 heteroatoms. The molecule has 0 aromatic carbocycles. The first-order valence-corrected chi connectivity index (χ1v) is 9.34. The second kappa shape index (κ2) is 5.95. The van der Waals surface area contributed by atoms with E-state index in [9.17, 15) is 4.79 Å². The number of likely N-dealkylation sites (tertiary alicyclic amines) is 1. The van der Waals surface area contributed by atoms with Gasteiger partial charge in [-0.05, 0) is 57.2 Å². The minimum absolute atomic E-state index is 0.0884. The van der Waals surface area contributed by atoms with Gasteiger partial charge in [0.1, 0.15) is 0 Å². The SMILES string of the molecule is O=C(c1ccc([C@@H]2CCCN2)s1)N1CCC2(CCCO2)CC1. The van der Waals surface area contributed by atoms with Crippen molar-refractivity contribution in [1.82, 2.24) is 10.2 Å². The van der Waals surface area contributed by atoms with E-state index in [4.69, 9.17) is 4.74 Å². The van der Waals surface area contributed by atoms with E-state index >= 15 is 0 Å². The molecule has 4 rings (SSSR count). The fraction of sp³-hybridized carbons (Fsp3) is 0.706. The molecule has 1 spiro atoms. The Morgan fingerprint density at radius 1 is 1.27 bits per heavy atom. The minimum Gasteiger partial charge on any atom is -0.375 e. The molecule has 1 aromatic rings. The lowest BCUT2D eigenvalue weighted by molar-refractivity contribution is -0.0386. The Bertz CT molecular complexity index is 535. The number of nitrogens with zero attached hydrogens (tertiary/aromatic N) is 1. The zero-order chi connectivity index (χ0) is 15.0. The van der Waals surface area contributed by atoms with E-state index in [-0.39, 0.29) is 11.5 Å². The quantitative estimate of drug-likeness (QED) is 0.911. The smallest absolute Gasteiger partial charge is 0.263 e. The zero-order valence-corrected chi connectivity index (χ0v) is 13.8. The second-order valence-corrected chi connectivity index (χ2v) is 7.89. The molecule has 3 aliphatic heterocycles. The summed E-state index contributed by atoms with van der Waals surface area (Å²) in [6.07, 6.45) is 6.78. The summed E-state index contributed by atoms with van der Waals surface area (Å²) < 4.78 is 5.94. The van der Waals surface area contributed by atoms with Gasteiger partial charge in [-0.3, -0.25) is 4.79 Å². The van der Waals surface area contributed by atoms with Gasteiger partial charge in [-0.2, -0.15) is 0 Å². The van der Waals surface area contributed by atoms with Crippen LogP contribution in [0.5, 0.6) is 0 Å². The summed E-state index contributed by atoms with van der Waals surface area (Å²) in [5, 5.41) is 3.51. The number of ether oxygens (including phenoxy) is 1. The summed E-state index contributed by atoms with van der Waals surface area (Å²) in [5.74, 6) is 0.210. The van der Waals surface area contributed by atoms with Crippen molar-refractivity contribution in [3.8, 4) is 0 Å². The van der Waals surface area contributed by atoms with Gasteiger partial charge < -0.3 is 15.0 Å². The van der Waals surface area contributed by atoms with Crippen LogP contribution in [0.25, 0.3) is 0 Å². The van der Waals surface area contributed by atoms with E-state index in [2.05, 4.69) is 11.4 Å². The molecule has 4 nitrogen and oxygen atoms in total. The van der Waals surface area contributed by atoms with E-state index in [1.165, 1.54) is 30.6 Å². The van der Waals surface area contributed by atoms with Crippen LogP contribution in [0.4, 0.5) is 0 Å². The Labute approximate surface area is 135 Å². The lowest BCUT2D eigenvalue weighted by Gasteiger charge is -2.38. The van der Waals surface area contributed by atoms with E-state index in [0.29, 0.717) is 6.04 Å². The molecule has 0 radical (unpaired) electrons. The van der Waals surface area contributed by atoms with Gasteiger partial charge in [0.2, 0.25) is 0 Å². The van der Waals surface area contributed by atoms with Crippen LogP contribution in [0.1, 0.15) is 59.1 Å². The first-order valence-electron chi connectivity index (χ1n) is 8.52. The van der Waals surface area contributed by atoms with Gasteiger partial charge in [0.25, 0.3) is 5.91 Å². The van der Waals surface area contributed by atoms with E-state index in [0.717, 1.165) is 44.0 Å². The number of hydrogen-bond donors (Lipinski definition) is 1. The summed E-state index contributed by atoms with van der Waals surface area (Å²) in [6.45, 7) is 3.68. The third-order valence-corrected chi connectivity index (χ3v) is 6.58. The highest BCUT2D eigenvalue weighted by atomic mass is 32.1. The Morgan fingerprint density at radius 2 is 2.14 bits per heavy atom. The predicted molar refractivity (Wildman–Crippen MR) is 87.4 cm³/mol. The second-order valence-electron chi connectivity index (χ2n) is 6.78. The molecule has 1 aromatic heterocycles. The number of carbonyl (C=O) groups is 1. The average Bonchev–Trinajstić information content (AvgIpc) is 3.29. The highest BCUT2D eigenvalue weighted by Crippen LogP contribution is 2.36. The van der Waals surface area contributed by atoms with Crippen LogP contribution in [0.3, 0.4) is 0 Å². The molecule has 1 N–H and O–H groups in total. The van der Waals surface area contributed by atoms with Crippen LogP contribution in [-0.2, 0) is 4.74 Å². The van der Waals surface area contributed by atoms with Gasteiger partial charge in [0, 0.05) is 30.6 Å². The average molecular weight is 320 g/mol. The highest BCUT2D eigenvalue weighted by Gasteiger charge is 2.39. The zero-order valence-electron chi connectivity index (χ0n) is 13.0. The topological polar surface area (TPSA) is 41.6 Å². The fourth-order valence-electron chi connectivity index (χ4n) is 4.01. The summed E-state index contributed by atoms with van der Waals surface area (Å²) in [4.78, 5) is 16.9. The van der Waals surface area contributed by atoms with Crippen LogP contribution < -0.4 is 5.32 Å². The fourth-order valence-corrected chi connectivity index (χ4v) is 5.09. The Hall–Kier alpha value is -0.910. The molecule has 0 saturated carbocycles. The molecule has 1 atom stereocenters. The maximum atomic E-state index is 12.7. The third kappa shape index (κ3) is 2.70. The van der Waals surface area contributed by atoms with E-state index in [1.54, 1.807) is 11.3 Å². The highest BCUT2D eigenvalue weighted by molar-refractivity contribution is 7.14. The van der Waals surface area contributed by atoms with Gasteiger partial charge in [0.05, 0.1) is 10.5 Å². The van der Waals surface area contributed by atoms with Crippen molar-refractivity contribution in [2.75, 3.05) is 26.2 Å². The molecule has 4 heterocycles. The number of piperidine rings is 1. The molecule has 22 heavy (non-hydrogen) atoms. The summed E-state index contributed by atoms with van der Waals surface area (Å²) in [5.41, 5.74) is 0.0884. The van der Waals surface area contributed by atoms with Gasteiger partial charge in [-0.25, -0.2) is 0 Å². The standard InChI is InChI=1S/C17H24N2O2S/c20-16(15-5-4-14(22-15)13-3-1-9-18-13)19-10-7-17(8-11-19)6-2-12-21-17/h4-5,13,18H,1-3,6-12H2/t13-/m0/s1. The minimum atomic E-state index is 0.0884. The molecule has 0 unspecified atom stereocenters. The van der Waals surface area contributed by atoms with Gasteiger partial charge in [0.15, 0.2) is 0 Å². The Balaban J connectivity index is 1.39. The predicted octanol–water partition coefficient (Wildman–Crippen LogP) is 2.96. The monoisotopic (exact) mass is 320 g/mol. The molecule has 3 aliphatic rings. The molecule has 3 fully saturated rings. The lowest BCUT2D eigenvalue weighted by atomic mass is 9.88. The van der Waals surface area contributed by atoms with Gasteiger partial charge in [-0.15, -0.1) is 11.3 Å². The Kier molecular flexibility index (Phi) is 3.96. The van der Waals surface area contributed by atoms with Crippen molar-refractivity contribution < 1.29 is 9.53 Å². The van der Waals surface area contributed by atoms with Crippen molar-refractivity contribution in [3.05, 3.63) is 21.9 Å². The molecular formula is C17H24N2O2S. The van der Waals surface area contributed by atoms with Gasteiger partial charge in [-0.1, -0.05) is 0 Å². The number of thiophene rings is 1. The van der Waals surface area contributed by atoms with Crippen LogP contribution >= 0.6 is 11.3 Å². The molecule has 0 bridgehead atoms. The molecule has 120 valence electrons.